The summed E-state index contributed by atoms with van der Waals surface area (Å²) in [6, 6.07) is 6.48. The molecule has 0 saturated carbocycles. The molecule has 10 nitrogen and oxygen atoms in total. The van der Waals surface area contributed by atoms with Crippen molar-refractivity contribution in [3.05, 3.63) is 52.3 Å². The molecule has 0 bridgehead atoms. The van der Waals surface area contributed by atoms with E-state index in [1.54, 1.807) is 0 Å². The molecule has 0 radical (unpaired) electrons. The SMILES string of the molecule is COc1cc(OC)c(NS(=O)(=O)c2ccc(Cl)c(C(=O)Nc3ncn[nH]3)c2)cc1Cl. The van der Waals surface area contributed by atoms with Crippen LogP contribution in [-0.2, 0) is 10.0 Å². The van der Waals surface area contributed by atoms with E-state index in [0.717, 1.165) is 6.07 Å². The lowest BCUT2D eigenvalue weighted by atomic mass is 10.2. The van der Waals surface area contributed by atoms with Crippen LogP contribution in [0.25, 0.3) is 0 Å². The number of halogens is 2. The number of nitrogens with one attached hydrogen (secondary N) is 3. The number of ether oxygens (including phenoxy) is 2. The lowest BCUT2D eigenvalue weighted by Gasteiger charge is -2.15. The predicted octanol–water partition coefficient (Wildman–Crippen LogP) is 3.18. The molecule has 3 aromatic rings. The summed E-state index contributed by atoms with van der Waals surface area (Å²) in [7, 11) is -1.33. The van der Waals surface area contributed by atoms with E-state index in [1.807, 2.05) is 0 Å². The summed E-state index contributed by atoms with van der Waals surface area (Å²) in [5, 5.41) is 8.73. The molecule has 13 heteroatoms. The van der Waals surface area contributed by atoms with Crippen LogP contribution in [0.1, 0.15) is 10.4 Å². The fourth-order valence-corrected chi connectivity index (χ4v) is 3.96. The molecule has 0 saturated heterocycles. The smallest absolute Gasteiger partial charge is 0.262 e. The Morgan fingerprint density at radius 3 is 2.43 bits per heavy atom. The summed E-state index contributed by atoms with van der Waals surface area (Å²) >= 11 is 12.2. The number of hydrogen-bond acceptors (Lipinski definition) is 7. The number of amides is 1. The minimum atomic E-state index is -4.12. The van der Waals surface area contributed by atoms with Gasteiger partial charge >= 0.3 is 0 Å². The standard InChI is InChI=1S/C17H15Cl2N5O5S/c1-28-14-7-15(29-2)13(6-12(14)19)24-30(26,27)9-3-4-11(18)10(5-9)16(25)22-17-20-8-21-23-17/h3-8,24H,1-2H3,(H2,20,21,22,23,25). The molecule has 158 valence electrons. The number of aromatic amines is 1. The summed E-state index contributed by atoms with van der Waals surface area (Å²) in [5.74, 6) is -0.0784. The minimum absolute atomic E-state index is 0.0519. The molecule has 1 aromatic heterocycles. The van der Waals surface area contributed by atoms with Crippen molar-refractivity contribution in [2.24, 2.45) is 0 Å². The summed E-state index contributed by atoms with van der Waals surface area (Å²) in [6.45, 7) is 0. The Balaban J connectivity index is 1.93. The fraction of sp³-hybridized carbons (Fsp3) is 0.118. The first-order chi connectivity index (χ1) is 14.2. The third-order valence-electron chi connectivity index (χ3n) is 3.86. The van der Waals surface area contributed by atoms with E-state index >= 15 is 0 Å². The van der Waals surface area contributed by atoms with Crippen molar-refractivity contribution in [3.63, 3.8) is 0 Å². The van der Waals surface area contributed by atoms with Gasteiger partial charge in [-0.15, -0.1) is 0 Å². The lowest BCUT2D eigenvalue weighted by molar-refractivity contribution is 0.102. The van der Waals surface area contributed by atoms with E-state index in [4.69, 9.17) is 32.7 Å². The highest BCUT2D eigenvalue weighted by molar-refractivity contribution is 7.92. The molecule has 0 unspecified atom stereocenters. The molecule has 0 aliphatic heterocycles. The second-order valence-corrected chi connectivity index (χ2v) is 8.22. The van der Waals surface area contributed by atoms with Gasteiger partial charge in [0.2, 0.25) is 5.95 Å². The average molecular weight is 472 g/mol. The van der Waals surface area contributed by atoms with Gasteiger partial charge in [0, 0.05) is 6.07 Å². The van der Waals surface area contributed by atoms with Crippen LogP contribution in [0.5, 0.6) is 11.5 Å². The number of nitrogens with zero attached hydrogens (tertiary/aromatic N) is 2. The van der Waals surface area contributed by atoms with E-state index in [-0.39, 0.29) is 37.9 Å². The Kier molecular flexibility index (Phi) is 6.34. The maximum atomic E-state index is 12.9. The van der Waals surface area contributed by atoms with E-state index in [1.165, 1.54) is 44.8 Å². The molecule has 0 aliphatic rings. The number of carbonyl (C=O) groups excluding carboxylic acids is 1. The van der Waals surface area contributed by atoms with Crippen LogP contribution in [0.2, 0.25) is 10.0 Å². The minimum Gasteiger partial charge on any atom is -0.495 e. The molecule has 2 aromatic carbocycles. The Bertz CT molecular complexity index is 1190. The van der Waals surface area contributed by atoms with Crippen molar-refractivity contribution in [1.82, 2.24) is 15.2 Å². The predicted molar refractivity (Wildman–Crippen MR) is 111 cm³/mol. The lowest BCUT2D eigenvalue weighted by Crippen LogP contribution is -2.17. The van der Waals surface area contributed by atoms with Gasteiger partial charge in [-0.1, -0.05) is 23.2 Å². The van der Waals surface area contributed by atoms with Gasteiger partial charge in [0.15, 0.2) is 0 Å². The zero-order valence-corrected chi connectivity index (χ0v) is 17.9. The number of carbonyl (C=O) groups is 1. The van der Waals surface area contributed by atoms with Crippen molar-refractivity contribution in [1.29, 1.82) is 0 Å². The molecule has 1 amide bonds. The number of H-pyrrole nitrogens is 1. The quantitative estimate of drug-likeness (QED) is 0.481. The average Bonchev–Trinajstić information content (AvgIpc) is 3.21. The first-order valence-corrected chi connectivity index (χ1v) is 10.4. The highest BCUT2D eigenvalue weighted by atomic mass is 35.5. The molecular weight excluding hydrogens is 457 g/mol. The number of sulfonamides is 1. The van der Waals surface area contributed by atoms with Gasteiger partial charge in [-0.25, -0.2) is 13.5 Å². The third-order valence-corrected chi connectivity index (χ3v) is 5.85. The fourth-order valence-electron chi connectivity index (χ4n) is 2.43. The van der Waals surface area contributed by atoms with Gasteiger partial charge in [0.1, 0.15) is 17.8 Å². The number of aromatic nitrogens is 3. The van der Waals surface area contributed by atoms with Gasteiger partial charge in [0.05, 0.1) is 40.4 Å². The first kappa shape index (κ1) is 21.7. The van der Waals surface area contributed by atoms with Crippen molar-refractivity contribution in [2.75, 3.05) is 24.3 Å². The van der Waals surface area contributed by atoms with Gasteiger partial charge in [0.25, 0.3) is 15.9 Å². The Hall–Kier alpha value is -3.02. The van der Waals surface area contributed by atoms with Crippen molar-refractivity contribution >= 4 is 50.8 Å². The largest absolute Gasteiger partial charge is 0.495 e. The van der Waals surface area contributed by atoms with E-state index in [2.05, 4.69) is 25.2 Å². The normalized spacial score (nSPS) is 11.1. The molecule has 3 N–H and O–H groups in total. The number of methoxy groups -OCH3 is 2. The maximum Gasteiger partial charge on any atom is 0.262 e. The zero-order chi connectivity index (χ0) is 21.9. The van der Waals surface area contributed by atoms with Crippen LogP contribution in [0.15, 0.2) is 41.6 Å². The van der Waals surface area contributed by atoms with Crippen LogP contribution < -0.4 is 19.5 Å². The second kappa shape index (κ2) is 8.78. The number of hydrogen-bond donors (Lipinski definition) is 3. The molecule has 0 aliphatic carbocycles. The molecule has 0 atom stereocenters. The van der Waals surface area contributed by atoms with Gasteiger partial charge in [-0.2, -0.15) is 10.1 Å². The van der Waals surface area contributed by atoms with Crippen molar-refractivity contribution in [2.45, 2.75) is 4.90 Å². The highest BCUT2D eigenvalue weighted by Crippen LogP contribution is 2.37. The van der Waals surface area contributed by atoms with Crippen LogP contribution in [-0.4, -0.2) is 43.7 Å². The molecular formula is C17H15Cl2N5O5S. The second-order valence-electron chi connectivity index (χ2n) is 5.72. The monoisotopic (exact) mass is 471 g/mol. The third kappa shape index (κ3) is 4.58. The van der Waals surface area contributed by atoms with E-state index in [0.29, 0.717) is 5.75 Å². The van der Waals surface area contributed by atoms with Crippen LogP contribution in [0.4, 0.5) is 11.6 Å². The number of benzene rings is 2. The number of anilines is 2. The summed E-state index contributed by atoms with van der Waals surface area (Å²) < 4.78 is 38.5. The summed E-state index contributed by atoms with van der Waals surface area (Å²) in [6.07, 6.45) is 1.20. The summed E-state index contributed by atoms with van der Waals surface area (Å²) in [4.78, 5) is 16.0. The maximum absolute atomic E-state index is 12.9. The van der Waals surface area contributed by atoms with Gasteiger partial charge in [-0.3, -0.25) is 14.8 Å². The van der Waals surface area contributed by atoms with Gasteiger partial charge < -0.3 is 9.47 Å². The Labute approximate surface area is 181 Å². The van der Waals surface area contributed by atoms with Crippen LogP contribution >= 0.6 is 23.2 Å². The molecule has 0 spiro atoms. The van der Waals surface area contributed by atoms with Crippen LogP contribution in [0.3, 0.4) is 0 Å². The van der Waals surface area contributed by atoms with E-state index in [9.17, 15) is 13.2 Å². The van der Waals surface area contributed by atoms with E-state index < -0.39 is 15.9 Å². The van der Waals surface area contributed by atoms with Crippen molar-refractivity contribution in [3.8, 4) is 11.5 Å². The molecule has 3 rings (SSSR count). The van der Waals surface area contributed by atoms with Crippen molar-refractivity contribution < 1.29 is 22.7 Å². The van der Waals surface area contributed by atoms with Crippen LogP contribution in [0, 0.1) is 0 Å². The summed E-state index contributed by atoms with van der Waals surface area (Å²) in [5.41, 5.74) is 0.0154. The first-order valence-electron chi connectivity index (χ1n) is 8.15. The molecule has 30 heavy (non-hydrogen) atoms. The Morgan fingerprint density at radius 1 is 1.07 bits per heavy atom. The number of rotatable bonds is 7. The molecule has 1 heterocycles. The zero-order valence-electron chi connectivity index (χ0n) is 15.6. The topological polar surface area (TPSA) is 135 Å². The highest BCUT2D eigenvalue weighted by Gasteiger charge is 2.22. The van der Waals surface area contributed by atoms with Gasteiger partial charge in [-0.05, 0) is 24.3 Å². The molecule has 0 fully saturated rings. The Morgan fingerprint density at radius 2 is 1.80 bits per heavy atom.